The summed E-state index contributed by atoms with van der Waals surface area (Å²) in [5, 5.41) is 16.5. The number of nitrogens with one attached hydrogen (secondary N) is 1. The van der Waals surface area contributed by atoms with Crippen LogP contribution >= 0.6 is 0 Å². The average molecular weight is 319 g/mol. The number of carboxylic acid groups (broad SMARTS) is 1. The molecule has 23 heavy (non-hydrogen) atoms. The average Bonchev–Trinajstić information content (AvgIpc) is 3.01. The van der Waals surface area contributed by atoms with Crippen molar-refractivity contribution in [2.45, 2.75) is 70.4 Å². The maximum atomic E-state index is 12.5. The van der Waals surface area contributed by atoms with Gasteiger partial charge in [0.15, 0.2) is 0 Å². The third-order valence-corrected chi connectivity index (χ3v) is 4.72. The Morgan fingerprint density at radius 3 is 2.48 bits per heavy atom. The van der Waals surface area contributed by atoms with Gasteiger partial charge < -0.3 is 10.4 Å². The van der Waals surface area contributed by atoms with Crippen molar-refractivity contribution in [3.05, 3.63) is 17.5 Å². The Bertz CT molecular complexity index is 626. The van der Waals surface area contributed by atoms with Crippen molar-refractivity contribution in [2.24, 2.45) is 5.92 Å². The van der Waals surface area contributed by atoms with E-state index in [9.17, 15) is 9.59 Å². The lowest BCUT2D eigenvalue weighted by Crippen LogP contribution is -2.34. The van der Waals surface area contributed by atoms with E-state index >= 15 is 0 Å². The normalized spacial score (nSPS) is 24.7. The Balaban J connectivity index is 1.72. The number of carboxylic acids is 1. The van der Waals surface area contributed by atoms with E-state index in [0.29, 0.717) is 24.5 Å². The largest absolute Gasteiger partial charge is 0.481 e. The van der Waals surface area contributed by atoms with Gasteiger partial charge in [-0.3, -0.25) is 14.3 Å². The van der Waals surface area contributed by atoms with Crippen LogP contribution in [-0.2, 0) is 10.3 Å². The predicted molar refractivity (Wildman–Crippen MR) is 85.4 cm³/mol. The van der Waals surface area contributed by atoms with Crippen LogP contribution in [0.1, 0.15) is 75.0 Å². The first-order valence-corrected chi connectivity index (χ1v) is 8.40. The van der Waals surface area contributed by atoms with Gasteiger partial charge in [0.1, 0.15) is 5.69 Å². The van der Waals surface area contributed by atoms with Crippen molar-refractivity contribution in [2.75, 3.05) is 0 Å². The van der Waals surface area contributed by atoms with Gasteiger partial charge in [-0.05, 0) is 58.9 Å². The molecule has 0 unspecified atom stereocenters. The molecule has 2 N–H and O–H groups in total. The van der Waals surface area contributed by atoms with Crippen LogP contribution in [0.25, 0.3) is 0 Å². The highest BCUT2D eigenvalue weighted by Crippen LogP contribution is 2.41. The standard InChI is InChI=1S/C17H25N3O3/c1-17(2,3)20-14(10-4-5-10)9-13(19-20)15(21)18-12-7-6-11(8-12)16(22)23/h9-12H,4-8H2,1-3H3,(H,18,21)(H,22,23)/t11-,12-/m0/s1. The van der Waals surface area contributed by atoms with E-state index in [-0.39, 0.29) is 23.4 Å². The topological polar surface area (TPSA) is 84.2 Å². The summed E-state index contributed by atoms with van der Waals surface area (Å²) >= 11 is 0. The quantitative estimate of drug-likeness (QED) is 0.893. The van der Waals surface area contributed by atoms with Gasteiger partial charge in [-0.2, -0.15) is 5.10 Å². The highest BCUT2D eigenvalue weighted by Gasteiger charge is 2.34. The van der Waals surface area contributed by atoms with Gasteiger partial charge in [-0.1, -0.05) is 0 Å². The van der Waals surface area contributed by atoms with E-state index in [1.165, 1.54) is 0 Å². The van der Waals surface area contributed by atoms with Crippen molar-refractivity contribution in [1.29, 1.82) is 0 Å². The summed E-state index contributed by atoms with van der Waals surface area (Å²) in [5.74, 6) is -0.777. The number of aromatic nitrogens is 2. The second kappa shape index (κ2) is 5.65. The second-order valence-electron chi connectivity index (χ2n) is 7.83. The molecular weight excluding hydrogens is 294 g/mol. The molecule has 2 aliphatic carbocycles. The molecule has 0 aliphatic heterocycles. The van der Waals surface area contributed by atoms with Crippen LogP contribution in [0.3, 0.4) is 0 Å². The number of carbonyl (C=O) groups excluding carboxylic acids is 1. The minimum atomic E-state index is -0.769. The van der Waals surface area contributed by atoms with Gasteiger partial charge in [0.05, 0.1) is 11.5 Å². The maximum absolute atomic E-state index is 12.5. The second-order valence-corrected chi connectivity index (χ2v) is 7.83. The van der Waals surface area contributed by atoms with E-state index < -0.39 is 5.97 Å². The summed E-state index contributed by atoms with van der Waals surface area (Å²) in [6.07, 6.45) is 4.18. The Morgan fingerprint density at radius 1 is 1.26 bits per heavy atom. The molecule has 0 saturated heterocycles. The first-order chi connectivity index (χ1) is 10.8. The summed E-state index contributed by atoms with van der Waals surface area (Å²) in [6.45, 7) is 6.26. The predicted octanol–water partition coefficient (Wildman–Crippen LogP) is 2.50. The lowest BCUT2D eigenvalue weighted by molar-refractivity contribution is -0.141. The van der Waals surface area contributed by atoms with Gasteiger partial charge in [-0.25, -0.2) is 0 Å². The van der Waals surface area contributed by atoms with E-state index in [1.54, 1.807) is 0 Å². The van der Waals surface area contributed by atoms with Gasteiger partial charge in [0, 0.05) is 17.7 Å². The lowest BCUT2D eigenvalue weighted by Gasteiger charge is -2.22. The molecule has 1 heterocycles. The van der Waals surface area contributed by atoms with Crippen LogP contribution in [0.4, 0.5) is 0 Å². The summed E-state index contributed by atoms with van der Waals surface area (Å²) in [4.78, 5) is 23.5. The van der Waals surface area contributed by atoms with Crippen LogP contribution in [-0.4, -0.2) is 32.8 Å². The Kier molecular flexibility index (Phi) is 3.94. The number of nitrogens with zero attached hydrogens (tertiary/aromatic N) is 2. The molecule has 0 bridgehead atoms. The van der Waals surface area contributed by atoms with Crippen LogP contribution < -0.4 is 5.32 Å². The third-order valence-electron chi connectivity index (χ3n) is 4.72. The SMILES string of the molecule is CC(C)(C)n1nc(C(=O)N[C@H]2CC[C@H](C(=O)O)C2)cc1C1CC1. The summed E-state index contributed by atoms with van der Waals surface area (Å²) < 4.78 is 1.97. The van der Waals surface area contributed by atoms with Crippen molar-refractivity contribution >= 4 is 11.9 Å². The van der Waals surface area contributed by atoms with Gasteiger partial charge in [-0.15, -0.1) is 0 Å². The molecule has 2 atom stereocenters. The zero-order chi connectivity index (χ0) is 16.8. The zero-order valence-corrected chi connectivity index (χ0v) is 14.0. The molecule has 3 rings (SSSR count). The van der Waals surface area contributed by atoms with Gasteiger partial charge in [0.25, 0.3) is 5.91 Å². The fourth-order valence-electron chi connectivity index (χ4n) is 3.31. The molecule has 0 radical (unpaired) electrons. The fourth-order valence-corrected chi connectivity index (χ4v) is 3.31. The van der Waals surface area contributed by atoms with Crippen LogP contribution in [0.2, 0.25) is 0 Å². The van der Waals surface area contributed by atoms with Crippen molar-refractivity contribution in [1.82, 2.24) is 15.1 Å². The molecule has 6 heteroatoms. The fraction of sp³-hybridized carbons (Fsp3) is 0.706. The molecular formula is C17H25N3O3. The highest BCUT2D eigenvalue weighted by molar-refractivity contribution is 5.92. The molecule has 2 saturated carbocycles. The number of rotatable bonds is 4. The Hall–Kier alpha value is -1.85. The Morgan fingerprint density at radius 2 is 1.96 bits per heavy atom. The zero-order valence-electron chi connectivity index (χ0n) is 14.0. The molecule has 1 aromatic heterocycles. The third kappa shape index (κ3) is 3.41. The van der Waals surface area contributed by atoms with Crippen molar-refractivity contribution < 1.29 is 14.7 Å². The van der Waals surface area contributed by atoms with Crippen molar-refractivity contribution in [3.63, 3.8) is 0 Å². The highest BCUT2D eigenvalue weighted by atomic mass is 16.4. The first kappa shape index (κ1) is 16.0. The van der Waals surface area contributed by atoms with Gasteiger partial charge in [0.2, 0.25) is 0 Å². The monoisotopic (exact) mass is 319 g/mol. The molecule has 1 amide bonds. The van der Waals surface area contributed by atoms with E-state index in [2.05, 4.69) is 31.2 Å². The number of hydrogen-bond donors (Lipinski definition) is 2. The Labute approximate surface area is 136 Å². The first-order valence-electron chi connectivity index (χ1n) is 8.40. The number of aliphatic carboxylic acids is 1. The lowest BCUT2D eigenvalue weighted by atomic mass is 10.1. The summed E-state index contributed by atoms with van der Waals surface area (Å²) in [6, 6.07) is 1.84. The van der Waals surface area contributed by atoms with Gasteiger partial charge >= 0.3 is 5.97 Å². The van der Waals surface area contributed by atoms with Crippen LogP contribution in [0.15, 0.2) is 6.07 Å². The van der Waals surface area contributed by atoms with Crippen LogP contribution in [0.5, 0.6) is 0 Å². The molecule has 2 fully saturated rings. The van der Waals surface area contributed by atoms with E-state index in [0.717, 1.165) is 25.0 Å². The molecule has 6 nitrogen and oxygen atoms in total. The minimum absolute atomic E-state index is 0.0623. The minimum Gasteiger partial charge on any atom is -0.481 e. The number of hydrogen-bond acceptors (Lipinski definition) is 3. The number of carbonyl (C=O) groups is 2. The molecule has 2 aliphatic rings. The maximum Gasteiger partial charge on any atom is 0.306 e. The molecule has 126 valence electrons. The molecule has 0 aromatic carbocycles. The summed E-state index contributed by atoms with van der Waals surface area (Å²) in [5.41, 5.74) is 1.43. The summed E-state index contributed by atoms with van der Waals surface area (Å²) in [7, 11) is 0. The van der Waals surface area contributed by atoms with Crippen molar-refractivity contribution in [3.8, 4) is 0 Å². The van der Waals surface area contributed by atoms with E-state index in [4.69, 9.17) is 5.11 Å². The van der Waals surface area contributed by atoms with E-state index in [1.807, 2.05) is 10.7 Å². The number of amides is 1. The molecule has 1 aromatic rings. The smallest absolute Gasteiger partial charge is 0.306 e. The molecule has 0 spiro atoms. The van der Waals surface area contributed by atoms with Crippen LogP contribution in [0, 0.1) is 5.92 Å².